The minimum Gasteiger partial charge on any atom is -0.388 e. The van der Waals surface area contributed by atoms with Crippen LogP contribution in [0.1, 0.15) is 12.8 Å². The molecule has 0 radical (unpaired) electrons. The molecular formula is C13H16F2N2O3. The predicted molar refractivity (Wildman–Crippen MR) is 68.4 cm³/mol. The molecule has 5 nitrogen and oxygen atoms in total. The molecule has 110 valence electrons. The van der Waals surface area contributed by atoms with Crippen LogP contribution in [0.25, 0.3) is 0 Å². The minimum absolute atomic E-state index is 0.0466. The highest BCUT2D eigenvalue weighted by atomic mass is 19.1. The average molecular weight is 286 g/mol. The van der Waals surface area contributed by atoms with Gasteiger partial charge < -0.3 is 20.5 Å². The number of benzene rings is 1. The molecule has 0 bridgehead atoms. The van der Waals surface area contributed by atoms with Crippen LogP contribution in [0.4, 0.5) is 19.3 Å². The zero-order valence-electron chi connectivity index (χ0n) is 10.8. The van der Waals surface area contributed by atoms with Gasteiger partial charge in [-0.2, -0.15) is 0 Å². The van der Waals surface area contributed by atoms with Crippen molar-refractivity contribution in [2.24, 2.45) is 0 Å². The normalized spacial score (nSPS) is 17.6. The van der Waals surface area contributed by atoms with E-state index in [2.05, 4.69) is 10.6 Å². The molecule has 20 heavy (non-hydrogen) atoms. The van der Waals surface area contributed by atoms with Gasteiger partial charge in [0.25, 0.3) is 0 Å². The lowest BCUT2D eigenvalue weighted by molar-refractivity contribution is -0.0598. The Hall–Kier alpha value is -1.73. The molecule has 1 aliphatic rings. The first-order valence-corrected chi connectivity index (χ1v) is 6.29. The van der Waals surface area contributed by atoms with Gasteiger partial charge in [-0.15, -0.1) is 0 Å². The van der Waals surface area contributed by atoms with E-state index < -0.39 is 23.3 Å². The lowest BCUT2D eigenvalue weighted by atomic mass is 9.94. The molecule has 1 fully saturated rings. The zero-order chi connectivity index (χ0) is 14.6. The fourth-order valence-corrected chi connectivity index (χ4v) is 1.93. The van der Waals surface area contributed by atoms with Crippen molar-refractivity contribution < 1.29 is 23.4 Å². The molecule has 7 heteroatoms. The highest BCUT2D eigenvalue weighted by Gasteiger charge is 2.30. The Morgan fingerprint density at radius 1 is 1.35 bits per heavy atom. The fraction of sp³-hybridized carbons (Fsp3) is 0.462. The van der Waals surface area contributed by atoms with Crippen LogP contribution in [0.15, 0.2) is 18.2 Å². The summed E-state index contributed by atoms with van der Waals surface area (Å²) in [6.45, 7) is 0.920. The SMILES string of the molecule is O=C(NCC1(O)CCOCC1)Nc1ccc(F)cc1F. The number of urea groups is 1. The molecule has 0 atom stereocenters. The lowest BCUT2D eigenvalue weighted by Gasteiger charge is -2.32. The van der Waals surface area contributed by atoms with E-state index in [0.29, 0.717) is 32.1 Å². The third-order valence-corrected chi connectivity index (χ3v) is 3.18. The van der Waals surface area contributed by atoms with E-state index in [9.17, 15) is 18.7 Å². The van der Waals surface area contributed by atoms with E-state index in [0.717, 1.165) is 12.1 Å². The molecule has 3 N–H and O–H groups in total. The van der Waals surface area contributed by atoms with Crippen LogP contribution in [0.3, 0.4) is 0 Å². The number of carbonyl (C=O) groups excluding carboxylic acids is 1. The molecule has 1 saturated heterocycles. The number of nitrogens with one attached hydrogen (secondary N) is 2. The van der Waals surface area contributed by atoms with Gasteiger partial charge in [0.1, 0.15) is 11.6 Å². The maximum Gasteiger partial charge on any atom is 0.319 e. The summed E-state index contributed by atoms with van der Waals surface area (Å²) in [5.74, 6) is -1.57. The Morgan fingerprint density at radius 2 is 2.05 bits per heavy atom. The van der Waals surface area contributed by atoms with Crippen LogP contribution in [0, 0.1) is 11.6 Å². The van der Waals surface area contributed by atoms with E-state index in [4.69, 9.17) is 4.74 Å². The fourth-order valence-electron chi connectivity index (χ4n) is 1.93. The third kappa shape index (κ3) is 3.88. The topological polar surface area (TPSA) is 70.6 Å². The van der Waals surface area contributed by atoms with Crippen LogP contribution in [-0.4, -0.2) is 36.5 Å². The summed E-state index contributed by atoms with van der Waals surface area (Å²) in [6.07, 6.45) is 0.858. The van der Waals surface area contributed by atoms with Crippen molar-refractivity contribution in [2.75, 3.05) is 25.1 Å². The summed E-state index contributed by atoms with van der Waals surface area (Å²) < 4.78 is 31.2. The van der Waals surface area contributed by atoms with Crippen LogP contribution >= 0.6 is 0 Å². The number of hydrogen-bond acceptors (Lipinski definition) is 3. The summed E-state index contributed by atoms with van der Waals surface area (Å²) in [4.78, 5) is 11.6. The van der Waals surface area contributed by atoms with Crippen molar-refractivity contribution in [3.05, 3.63) is 29.8 Å². The number of hydrogen-bond donors (Lipinski definition) is 3. The highest BCUT2D eigenvalue weighted by Crippen LogP contribution is 2.19. The average Bonchev–Trinajstić information content (AvgIpc) is 2.41. The molecule has 1 aromatic carbocycles. The summed E-state index contributed by atoms with van der Waals surface area (Å²) >= 11 is 0. The molecule has 0 saturated carbocycles. The molecule has 1 aromatic rings. The summed E-state index contributed by atoms with van der Waals surface area (Å²) in [5, 5.41) is 14.9. The van der Waals surface area contributed by atoms with Crippen LogP contribution in [0.5, 0.6) is 0 Å². The Balaban J connectivity index is 1.86. The van der Waals surface area contributed by atoms with E-state index >= 15 is 0 Å². The van der Waals surface area contributed by atoms with Crippen molar-refractivity contribution in [1.82, 2.24) is 5.32 Å². The first kappa shape index (κ1) is 14.7. The maximum absolute atomic E-state index is 13.3. The van der Waals surface area contributed by atoms with Crippen molar-refractivity contribution in [3.63, 3.8) is 0 Å². The Bertz CT molecular complexity index is 491. The predicted octanol–water partition coefficient (Wildman–Crippen LogP) is 1.63. The molecule has 1 heterocycles. The quantitative estimate of drug-likeness (QED) is 0.791. The first-order chi connectivity index (χ1) is 9.48. The van der Waals surface area contributed by atoms with Crippen molar-refractivity contribution >= 4 is 11.7 Å². The van der Waals surface area contributed by atoms with Gasteiger partial charge in [0.2, 0.25) is 0 Å². The van der Waals surface area contributed by atoms with Crippen molar-refractivity contribution in [2.45, 2.75) is 18.4 Å². The van der Waals surface area contributed by atoms with E-state index in [-0.39, 0.29) is 12.2 Å². The Morgan fingerprint density at radius 3 is 2.70 bits per heavy atom. The molecule has 0 spiro atoms. The number of anilines is 1. The molecule has 0 aliphatic carbocycles. The van der Waals surface area contributed by atoms with Gasteiger partial charge >= 0.3 is 6.03 Å². The number of aliphatic hydroxyl groups is 1. The third-order valence-electron chi connectivity index (χ3n) is 3.18. The van der Waals surface area contributed by atoms with Crippen molar-refractivity contribution in [3.8, 4) is 0 Å². The van der Waals surface area contributed by atoms with Crippen molar-refractivity contribution in [1.29, 1.82) is 0 Å². The van der Waals surface area contributed by atoms with E-state index in [1.54, 1.807) is 0 Å². The number of halogens is 2. The summed E-state index contributed by atoms with van der Waals surface area (Å²) in [7, 11) is 0. The highest BCUT2D eigenvalue weighted by molar-refractivity contribution is 5.89. The van der Waals surface area contributed by atoms with E-state index in [1.165, 1.54) is 0 Å². The molecular weight excluding hydrogens is 270 g/mol. The second-order valence-corrected chi connectivity index (χ2v) is 4.77. The number of amides is 2. The number of rotatable bonds is 3. The van der Waals surface area contributed by atoms with E-state index in [1.807, 2.05) is 0 Å². The second-order valence-electron chi connectivity index (χ2n) is 4.77. The van der Waals surface area contributed by atoms with Gasteiger partial charge in [0.05, 0.1) is 11.3 Å². The summed E-state index contributed by atoms with van der Waals surface area (Å²) in [5.41, 5.74) is -1.13. The summed E-state index contributed by atoms with van der Waals surface area (Å²) in [6, 6.07) is 2.20. The number of carbonyl (C=O) groups is 1. The maximum atomic E-state index is 13.3. The Kier molecular flexibility index (Phi) is 4.51. The molecule has 1 aliphatic heterocycles. The van der Waals surface area contributed by atoms with Gasteiger partial charge in [-0.1, -0.05) is 0 Å². The van der Waals surface area contributed by atoms with Crippen LogP contribution in [0.2, 0.25) is 0 Å². The lowest BCUT2D eigenvalue weighted by Crippen LogP contribution is -2.47. The minimum atomic E-state index is -1.00. The van der Waals surface area contributed by atoms with Gasteiger partial charge in [0, 0.05) is 38.7 Å². The largest absolute Gasteiger partial charge is 0.388 e. The Labute approximate surface area is 114 Å². The first-order valence-electron chi connectivity index (χ1n) is 6.29. The van der Waals surface area contributed by atoms with Gasteiger partial charge in [0.15, 0.2) is 0 Å². The van der Waals surface area contributed by atoms with Gasteiger partial charge in [-0.3, -0.25) is 0 Å². The van der Waals surface area contributed by atoms with Crippen LogP contribution < -0.4 is 10.6 Å². The van der Waals surface area contributed by atoms with Gasteiger partial charge in [-0.25, -0.2) is 13.6 Å². The molecule has 2 rings (SSSR count). The monoisotopic (exact) mass is 286 g/mol. The molecule has 0 aromatic heterocycles. The number of ether oxygens (including phenoxy) is 1. The smallest absolute Gasteiger partial charge is 0.319 e. The molecule has 0 unspecified atom stereocenters. The standard InChI is InChI=1S/C13H16F2N2O3/c14-9-1-2-11(10(15)7-9)17-12(18)16-8-13(19)3-5-20-6-4-13/h1-2,7,19H,3-6,8H2,(H2,16,17,18). The zero-order valence-corrected chi connectivity index (χ0v) is 10.8. The van der Waals surface area contributed by atoms with Crippen LogP contribution in [-0.2, 0) is 4.74 Å². The van der Waals surface area contributed by atoms with Gasteiger partial charge in [-0.05, 0) is 12.1 Å². The second kappa shape index (κ2) is 6.15. The molecule has 2 amide bonds.